The summed E-state index contributed by atoms with van der Waals surface area (Å²) in [7, 11) is -1.38. The Labute approximate surface area is 163 Å². The summed E-state index contributed by atoms with van der Waals surface area (Å²) >= 11 is 6.01. The summed E-state index contributed by atoms with van der Waals surface area (Å²) in [5.41, 5.74) is 2.16. The first-order valence-electron chi connectivity index (χ1n) is 9.23. The van der Waals surface area contributed by atoms with Gasteiger partial charge in [-0.25, -0.2) is 0 Å². The highest BCUT2D eigenvalue weighted by Crippen LogP contribution is 2.30. The summed E-state index contributed by atoms with van der Waals surface area (Å²) < 4.78 is 0. The van der Waals surface area contributed by atoms with E-state index >= 15 is 0 Å². The molecule has 0 aromatic heterocycles. The van der Waals surface area contributed by atoms with Crippen LogP contribution in [0.5, 0.6) is 0 Å². The summed E-state index contributed by atoms with van der Waals surface area (Å²) in [6.45, 7) is 1.15. The van der Waals surface area contributed by atoms with Gasteiger partial charge in [0.05, 0.1) is 12.0 Å². The highest BCUT2D eigenvalue weighted by molar-refractivity contribution is 6.40. The van der Waals surface area contributed by atoms with Gasteiger partial charge in [0.15, 0.2) is 0 Å². The van der Waals surface area contributed by atoms with E-state index in [-0.39, 0.29) is 30.7 Å². The maximum Gasteiger partial charge on any atom is 0.451 e. The zero-order valence-corrected chi connectivity index (χ0v) is 15.7. The molecule has 1 saturated heterocycles. The van der Waals surface area contributed by atoms with E-state index < -0.39 is 19.0 Å². The average molecular weight is 395 g/mol. The molecule has 1 fully saturated rings. The number of carboxylic acid groups (broad SMARTS) is 1. The van der Waals surface area contributed by atoms with Crippen molar-refractivity contribution in [3.63, 3.8) is 0 Å². The Morgan fingerprint density at radius 3 is 2.74 bits per heavy atom. The van der Waals surface area contributed by atoms with E-state index in [2.05, 4.69) is 5.32 Å². The van der Waals surface area contributed by atoms with Crippen LogP contribution in [0.2, 0.25) is 11.3 Å². The molecule has 2 aliphatic rings. The summed E-state index contributed by atoms with van der Waals surface area (Å²) in [6.07, 6.45) is 1.84. The van der Waals surface area contributed by atoms with Crippen LogP contribution in [-0.2, 0) is 22.6 Å². The van der Waals surface area contributed by atoms with Gasteiger partial charge >= 0.3 is 13.1 Å². The van der Waals surface area contributed by atoms with Crippen LogP contribution in [0.1, 0.15) is 24.0 Å². The van der Waals surface area contributed by atoms with Crippen LogP contribution >= 0.6 is 11.6 Å². The molecule has 27 heavy (non-hydrogen) atoms. The van der Waals surface area contributed by atoms with E-state index in [4.69, 9.17) is 21.6 Å². The van der Waals surface area contributed by atoms with Crippen LogP contribution in [0, 0.1) is 11.8 Å². The molecule has 4 N–H and O–H groups in total. The molecule has 0 saturated carbocycles. The Hall–Kier alpha value is -1.61. The van der Waals surface area contributed by atoms with E-state index in [1.165, 1.54) is 0 Å². The SMILES string of the molecule is O=C(O)[C@@H]1CN(C(=O)C2Cc3ccc(Cl)cc3CN2)CC1CCCB(O)O. The Morgan fingerprint density at radius 1 is 1.26 bits per heavy atom. The second-order valence-electron chi connectivity index (χ2n) is 7.41. The van der Waals surface area contributed by atoms with Crippen LogP contribution in [0.15, 0.2) is 18.2 Å². The number of fused-ring (bicyclic) bond motifs is 1. The second-order valence-corrected chi connectivity index (χ2v) is 7.85. The van der Waals surface area contributed by atoms with Gasteiger partial charge in [0, 0.05) is 24.7 Å². The topological polar surface area (TPSA) is 110 Å². The second kappa shape index (κ2) is 8.60. The molecule has 146 valence electrons. The lowest BCUT2D eigenvalue weighted by atomic mass is 9.80. The molecular formula is C18H24BClN2O5. The number of carboxylic acids is 1. The normalized spacial score (nSPS) is 24.6. The number of hydrogen-bond acceptors (Lipinski definition) is 5. The molecule has 2 heterocycles. The van der Waals surface area contributed by atoms with Crippen molar-refractivity contribution >= 4 is 30.6 Å². The lowest BCUT2D eigenvalue weighted by Crippen LogP contribution is -2.49. The van der Waals surface area contributed by atoms with Crippen LogP contribution in [0.3, 0.4) is 0 Å². The molecule has 0 radical (unpaired) electrons. The predicted octanol–water partition coefficient (Wildman–Crippen LogP) is 0.766. The molecular weight excluding hydrogens is 370 g/mol. The summed E-state index contributed by atoms with van der Waals surface area (Å²) in [5, 5.41) is 31.3. The number of carbonyl (C=O) groups is 2. The smallest absolute Gasteiger partial charge is 0.451 e. The zero-order valence-electron chi connectivity index (χ0n) is 15.0. The van der Waals surface area contributed by atoms with Gasteiger partial charge in [0.25, 0.3) is 0 Å². The highest BCUT2D eigenvalue weighted by Gasteiger charge is 2.41. The van der Waals surface area contributed by atoms with Crippen LogP contribution in [0.25, 0.3) is 0 Å². The number of benzene rings is 1. The highest BCUT2D eigenvalue weighted by atomic mass is 35.5. The Balaban J connectivity index is 1.63. The number of likely N-dealkylation sites (tertiary alicyclic amines) is 1. The third-order valence-electron chi connectivity index (χ3n) is 5.54. The lowest BCUT2D eigenvalue weighted by Gasteiger charge is -2.29. The first kappa shape index (κ1) is 20.1. The van der Waals surface area contributed by atoms with Crippen molar-refractivity contribution in [3.8, 4) is 0 Å². The number of aliphatic carboxylic acids is 1. The molecule has 9 heteroatoms. The first-order valence-corrected chi connectivity index (χ1v) is 9.61. The van der Waals surface area contributed by atoms with Crippen LogP contribution < -0.4 is 5.32 Å². The molecule has 2 aliphatic heterocycles. The minimum Gasteiger partial charge on any atom is -0.481 e. The quantitative estimate of drug-likeness (QED) is 0.531. The fourth-order valence-corrected chi connectivity index (χ4v) is 4.26. The number of carbonyl (C=O) groups excluding carboxylic acids is 1. The first-order chi connectivity index (χ1) is 12.8. The Morgan fingerprint density at radius 2 is 2.04 bits per heavy atom. The molecule has 3 rings (SSSR count). The van der Waals surface area contributed by atoms with E-state index in [0.717, 1.165) is 11.1 Å². The van der Waals surface area contributed by atoms with Gasteiger partial charge in [-0.15, -0.1) is 0 Å². The van der Waals surface area contributed by atoms with Gasteiger partial charge in [-0.3, -0.25) is 9.59 Å². The number of halogens is 1. The summed E-state index contributed by atoms with van der Waals surface area (Å²) in [5.74, 6) is -1.76. The molecule has 0 bridgehead atoms. The fourth-order valence-electron chi connectivity index (χ4n) is 4.06. The molecule has 1 amide bonds. The van der Waals surface area contributed by atoms with Gasteiger partial charge in [0.2, 0.25) is 5.91 Å². The maximum absolute atomic E-state index is 12.9. The third-order valence-corrected chi connectivity index (χ3v) is 5.77. The molecule has 3 atom stereocenters. The van der Waals surface area contributed by atoms with Gasteiger partial charge in [-0.2, -0.15) is 0 Å². The number of nitrogens with zero attached hydrogens (tertiary/aromatic N) is 1. The molecule has 0 spiro atoms. The average Bonchev–Trinajstić information content (AvgIpc) is 3.04. The molecule has 1 aromatic rings. The van der Waals surface area contributed by atoms with Crippen molar-refractivity contribution in [2.24, 2.45) is 11.8 Å². The van der Waals surface area contributed by atoms with Crippen LogP contribution in [0.4, 0.5) is 0 Å². The van der Waals surface area contributed by atoms with Crippen molar-refractivity contribution in [2.75, 3.05) is 13.1 Å². The summed E-state index contributed by atoms with van der Waals surface area (Å²) in [6, 6.07) is 5.28. The van der Waals surface area contributed by atoms with Gasteiger partial charge < -0.3 is 25.4 Å². The number of rotatable bonds is 6. The molecule has 2 unspecified atom stereocenters. The standard InChI is InChI=1S/C18H24BClN2O5/c20-14-4-3-11-7-16(21-8-13(11)6-14)17(23)22-9-12(2-1-5-19(26)27)15(10-22)18(24)25/h3-4,6,12,15-16,21,26-27H,1-2,5,7-10H2,(H,24,25)/t12?,15-,16?/m1/s1. The maximum atomic E-state index is 12.9. The number of hydrogen-bond donors (Lipinski definition) is 4. The van der Waals surface area contributed by atoms with Crippen molar-refractivity contribution in [1.82, 2.24) is 10.2 Å². The van der Waals surface area contributed by atoms with E-state index in [0.29, 0.717) is 37.4 Å². The zero-order chi connectivity index (χ0) is 19.6. The lowest BCUT2D eigenvalue weighted by molar-refractivity contribution is -0.142. The molecule has 0 aliphatic carbocycles. The number of amides is 1. The monoisotopic (exact) mass is 394 g/mol. The minimum absolute atomic E-state index is 0.0773. The Bertz CT molecular complexity index is 717. The largest absolute Gasteiger partial charge is 0.481 e. The minimum atomic E-state index is -1.38. The van der Waals surface area contributed by atoms with E-state index in [1.54, 1.807) is 4.90 Å². The molecule has 7 nitrogen and oxygen atoms in total. The van der Waals surface area contributed by atoms with Gasteiger partial charge in [-0.05, 0) is 48.3 Å². The van der Waals surface area contributed by atoms with Crippen molar-refractivity contribution in [1.29, 1.82) is 0 Å². The predicted molar refractivity (Wildman–Crippen MR) is 101 cm³/mol. The van der Waals surface area contributed by atoms with Crippen molar-refractivity contribution in [3.05, 3.63) is 34.3 Å². The van der Waals surface area contributed by atoms with E-state index in [9.17, 15) is 14.7 Å². The van der Waals surface area contributed by atoms with Crippen LogP contribution in [-0.4, -0.2) is 58.2 Å². The van der Waals surface area contributed by atoms with Crippen molar-refractivity contribution in [2.45, 2.75) is 38.2 Å². The van der Waals surface area contributed by atoms with E-state index in [1.807, 2.05) is 18.2 Å². The summed E-state index contributed by atoms with van der Waals surface area (Å²) in [4.78, 5) is 26.2. The number of nitrogens with one attached hydrogen (secondary N) is 1. The van der Waals surface area contributed by atoms with Gasteiger partial charge in [0.1, 0.15) is 0 Å². The van der Waals surface area contributed by atoms with Crippen molar-refractivity contribution < 1.29 is 24.7 Å². The fraction of sp³-hybridized carbons (Fsp3) is 0.556. The Kier molecular flexibility index (Phi) is 6.42. The molecule has 1 aromatic carbocycles. The third kappa shape index (κ3) is 4.82. The van der Waals surface area contributed by atoms with Gasteiger partial charge in [-0.1, -0.05) is 24.1 Å².